The maximum atomic E-state index is 6.19. The van der Waals surface area contributed by atoms with Crippen LogP contribution in [-0.2, 0) is 12.5 Å². The summed E-state index contributed by atoms with van der Waals surface area (Å²) in [5, 5.41) is 4.79. The first-order valence-electron chi connectivity index (χ1n) is 5.52. The lowest BCUT2D eigenvalue weighted by molar-refractivity contribution is 0.563. The van der Waals surface area contributed by atoms with Crippen molar-refractivity contribution in [2.45, 2.75) is 26.2 Å². The standard InChI is InChI=1S/C12H14ClIN4/c1-12(2,3)9-8(14)10(13)16-11(15-9)7-5-6-18(4)17-7/h5-6H,1-4H3. The lowest BCUT2D eigenvalue weighted by Gasteiger charge is -2.20. The van der Waals surface area contributed by atoms with Crippen LogP contribution in [0.15, 0.2) is 12.3 Å². The number of hydrogen-bond donors (Lipinski definition) is 0. The van der Waals surface area contributed by atoms with Crippen molar-refractivity contribution in [3.8, 4) is 11.5 Å². The van der Waals surface area contributed by atoms with Crippen LogP contribution >= 0.6 is 34.2 Å². The van der Waals surface area contributed by atoms with Crippen LogP contribution in [0, 0.1) is 3.57 Å². The Morgan fingerprint density at radius 1 is 1.28 bits per heavy atom. The van der Waals surface area contributed by atoms with Gasteiger partial charge in [-0.05, 0) is 28.7 Å². The van der Waals surface area contributed by atoms with E-state index < -0.39 is 0 Å². The predicted octanol–water partition coefficient (Wildman–Crippen LogP) is 3.43. The molecule has 96 valence electrons. The Morgan fingerprint density at radius 2 is 1.94 bits per heavy atom. The maximum absolute atomic E-state index is 6.19. The Kier molecular flexibility index (Phi) is 3.64. The average Bonchev–Trinajstić information content (AvgIpc) is 2.67. The predicted molar refractivity (Wildman–Crippen MR) is 80.7 cm³/mol. The van der Waals surface area contributed by atoms with Gasteiger partial charge in [-0.15, -0.1) is 0 Å². The summed E-state index contributed by atoms with van der Waals surface area (Å²) in [6.07, 6.45) is 1.86. The Bertz CT molecular complexity index is 586. The first kappa shape index (κ1) is 13.7. The Hall–Kier alpha value is -0.690. The minimum absolute atomic E-state index is 0.0768. The molecule has 0 bridgehead atoms. The highest BCUT2D eigenvalue weighted by Crippen LogP contribution is 2.30. The molecule has 0 aliphatic carbocycles. The first-order chi connectivity index (χ1) is 8.29. The van der Waals surface area contributed by atoms with Gasteiger partial charge < -0.3 is 0 Å². The Morgan fingerprint density at radius 3 is 2.44 bits per heavy atom. The van der Waals surface area contributed by atoms with Crippen molar-refractivity contribution in [3.63, 3.8) is 0 Å². The van der Waals surface area contributed by atoms with E-state index in [4.69, 9.17) is 11.6 Å². The van der Waals surface area contributed by atoms with Gasteiger partial charge in [0.15, 0.2) is 5.82 Å². The summed E-state index contributed by atoms with van der Waals surface area (Å²) in [5.74, 6) is 0.575. The van der Waals surface area contributed by atoms with Crippen molar-refractivity contribution in [1.29, 1.82) is 0 Å². The molecule has 0 amide bonds. The molecule has 2 heterocycles. The molecule has 0 spiro atoms. The molecule has 0 aromatic carbocycles. The van der Waals surface area contributed by atoms with E-state index in [1.807, 2.05) is 19.3 Å². The van der Waals surface area contributed by atoms with Crippen LogP contribution in [0.1, 0.15) is 26.5 Å². The summed E-state index contributed by atoms with van der Waals surface area (Å²) in [6.45, 7) is 6.32. The monoisotopic (exact) mass is 376 g/mol. The van der Waals surface area contributed by atoms with E-state index in [-0.39, 0.29) is 5.41 Å². The van der Waals surface area contributed by atoms with Crippen LogP contribution < -0.4 is 0 Å². The van der Waals surface area contributed by atoms with Crippen molar-refractivity contribution in [1.82, 2.24) is 19.7 Å². The molecule has 0 radical (unpaired) electrons. The van der Waals surface area contributed by atoms with Gasteiger partial charge >= 0.3 is 0 Å². The van der Waals surface area contributed by atoms with Gasteiger partial charge in [0.25, 0.3) is 0 Å². The molecule has 0 N–H and O–H groups in total. The third-order valence-electron chi connectivity index (χ3n) is 2.46. The van der Waals surface area contributed by atoms with E-state index in [0.717, 1.165) is 15.0 Å². The lowest BCUT2D eigenvalue weighted by Crippen LogP contribution is -2.17. The largest absolute Gasteiger partial charge is 0.275 e. The molecule has 4 nitrogen and oxygen atoms in total. The molecule has 0 aliphatic rings. The van der Waals surface area contributed by atoms with Crippen LogP contribution in [-0.4, -0.2) is 19.7 Å². The van der Waals surface area contributed by atoms with Gasteiger partial charge in [-0.2, -0.15) is 5.10 Å². The molecule has 0 saturated carbocycles. The second-order valence-electron chi connectivity index (χ2n) is 5.13. The molecule has 2 aromatic heterocycles. The van der Waals surface area contributed by atoms with Crippen molar-refractivity contribution in [2.75, 3.05) is 0 Å². The quantitative estimate of drug-likeness (QED) is 0.566. The normalized spacial score (nSPS) is 11.9. The summed E-state index contributed by atoms with van der Waals surface area (Å²) in [7, 11) is 1.86. The molecular formula is C12H14ClIN4. The number of aromatic nitrogens is 4. The zero-order valence-electron chi connectivity index (χ0n) is 10.7. The average molecular weight is 377 g/mol. The summed E-state index contributed by atoms with van der Waals surface area (Å²) in [6, 6.07) is 1.88. The van der Waals surface area contributed by atoms with Crippen molar-refractivity contribution in [2.24, 2.45) is 7.05 Å². The van der Waals surface area contributed by atoms with Crippen molar-refractivity contribution >= 4 is 34.2 Å². The molecule has 0 fully saturated rings. The van der Waals surface area contributed by atoms with E-state index in [1.54, 1.807) is 4.68 Å². The fraction of sp³-hybridized carbons (Fsp3) is 0.417. The number of hydrogen-bond acceptors (Lipinski definition) is 3. The summed E-state index contributed by atoms with van der Waals surface area (Å²) >= 11 is 8.38. The topological polar surface area (TPSA) is 43.6 Å². The highest BCUT2D eigenvalue weighted by atomic mass is 127. The van der Waals surface area contributed by atoms with E-state index in [9.17, 15) is 0 Å². The molecule has 0 aliphatic heterocycles. The second-order valence-corrected chi connectivity index (χ2v) is 6.56. The van der Waals surface area contributed by atoms with E-state index in [0.29, 0.717) is 11.0 Å². The molecule has 0 unspecified atom stereocenters. The van der Waals surface area contributed by atoms with Crippen LogP contribution in [0.4, 0.5) is 0 Å². The summed E-state index contributed by atoms with van der Waals surface area (Å²) < 4.78 is 2.63. The van der Waals surface area contributed by atoms with Crippen molar-refractivity contribution < 1.29 is 0 Å². The van der Waals surface area contributed by atoms with E-state index >= 15 is 0 Å². The zero-order chi connectivity index (χ0) is 13.5. The molecule has 2 rings (SSSR count). The fourth-order valence-corrected chi connectivity index (χ4v) is 2.79. The lowest BCUT2D eigenvalue weighted by atomic mass is 9.92. The highest BCUT2D eigenvalue weighted by molar-refractivity contribution is 14.1. The summed E-state index contributed by atoms with van der Waals surface area (Å²) in [4.78, 5) is 8.91. The number of nitrogens with zero attached hydrogens (tertiary/aromatic N) is 4. The van der Waals surface area contributed by atoms with E-state index in [2.05, 4.69) is 58.4 Å². The van der Waals surface area contributed by atoms with Gasteiger partial charge in [0.1, 0.15) is 10.8 Å². The third-order valence-corrected chi connectivity index (χ3v) is 4.08. The third kappa shape index (κ3) is 2.66. The number of aryl methyl sites for hydroxylation is 1. The van der Waals surface area contributed by atoms with E-state index in [1.165, 1.54) is 0 Å². The minimum Gasteiger partial charge on any atom is -0.275 e. The van der Waals surface area contributed by atoms with Crippen LogP contribution in [0.25, 0.3) is 11.5 Å². The SMILES string of the molecule is Cn1ccc(-c2nc(Cl)c(I)c(C(C)(C)C)n2)n1. The van der Waals surface area contributed by atoms with Crippen LogP contribution in [0.5, 0.6) is 0 Å². The second kappa shape index (κ2) is 4.77. The van der Waals surface area contributed by atoms with Crippen LogP contribution in [0.2, 0.25) is 5.15 Å². The maximum Gasteiger partial charge on any atom is 0.181 e. The molecular weight excluding hydrogens is 363 g/mol. The molecule has 2 aromatic rings. The number of halogens is 2. The minimum atomic E-state index is -0.0768. The van der Waals surface area contributed by atoms with Gasteiger partial charge in [-0.25, -0.2) is 9.97 Å². The van der Waals surface area contributed by atoms with Gasteiger partial charge in [0, 0.05) is 18.7 Å². The molecule has 6 heteroatoms. The highest BCUT2D eigenvalue weighted by Gasteiger charge is 2.23. The summed E-state index contributed by atoms with van der Waals surface area (Å²) in [5.41, 5.74) is 1.61. The Labute approximate surface area is 125 Å². The fourth-order valence-electron chi connectivity index (χ4n) is 1.57. The van der Waals surface area contributed by atoms with Gasteiger partial charge in [-0.1, -0.05) is 32.4 Å². The zero-order valence-corrected chi connectivity index (χ0v) is 13.6. The molecule has 0 atom stereocenters. The first-order valence-corrected chi connectivity index (χ1v) is 6.98. The van der Waals surface area contributed by atoms with Gasteiger partial charge in [0.2, 0.25) is 0 Å². The number of rotatable bonds is 1. The Balaban J connectivity index is 2.61. The van der Waals surface area contributed by atoms with Gasteiger partial charge in [-0.3, -0.25) is 4.68 Å². The van der Waals surface area contributed by atoms with Crippen LogP contribution in [0.3, 0.4) is 0 Å². The smallest absolute Gasteiger partial charge is 0.181 e. The molecule has 0 saturated heterocycles. The van der Waals surface area contributed by atoms with Crippen molar-refractivity contribution in [3.05, 3.63) is 26.7 Å². The molecule has 18 heavy (non-hydrogen) atoms. The van der Waals surface area contributed by atoms with Gasteiger partial charge in [0.05, 0.1) is 9.26 Å².